The maximum atomic E-state index is 13.6. The van der Waals surface area contributed by atoms with Crippen molar-refractivity contribution < 1.29 is 13.6 Å². The summed E-state index contributed by atoms with van der Waals surface area (Å²) in [6.07, 6.45) is 1.70. The minimum Gasteiger partial charge on any atom is -0.396 e. The number of aromatic nitrogens is 3. The van der Waals surface area contributed by atoms with E-state index in [0.29, 0.717) is 12.2 Å². The van der Waals surface area contributed by atoms with E-state index in [2.05, 4.69) is 20.5 Å². The van der Waals surface area contributed by atoms with Crippen LogP contribution >= 0.6 is 0 Å². The van der Waals surface area contributed by atoms with Crippen LogP contribution in [-0.4, -0.2) is 27.6 Å². The number of hydrogen-bond acceptors (Lipinski definition) is 4. The molecule has 0 aliphatic carbocycles. The molecule has 4 N–H and O–H groups in total. The summed E-state index contributed by atoms with van der Waals surface area (Å²) in [6, 6.07) is 2.01. The van der Waals surface area contributed by atoms with E-state index < -0.39 is 23.1 Å². The SMILES string of the molecule is Nc1ccc(F)c(C(=O)NCCc2ncn[nH]2)c1F. The Morgan fingerprint density at radius 2 is 2.21 bits per heavy atom. The molecule has 0 fully saturated rings. The molecule has 1 aromatic heterocycles. The maximum Gasteiger partial charge on any atom is 0.257 e. The van der Waals surface area contributed by atoms with Crippen LogP contribution in [0.2, 0.25) is 0 Å². The quantitative estimate of drug-likeness (QED) is 0.708. The van der Waals surface area contributed by atoms with Gasteiger partial charge in [0, 0.05) is 13.0 Å². The van der Waals surface area contributed by atoms with Gasteiger partial charge < -0.3 is 11.1 Å². The van der Waals surface area contributed by atoms with E-state index in [1.165, 1.54) is 6.33 Å². The standard InChI is InChI=1S/C11H11F2N5O/c12-6-1-2-7(14)10(13)9(6)11(19)15-4-3-8-16-5-17-18-8/h1-2,5H,3-4,14H2,(H,15,19)(H,16,17,18). The van der Waals surface area contributed by atoms with E-state index in [4.69, 9.17) is 5.73 Å². The van der Waals surface area contributed by atoms with Crippen molar-refractivity contribution in [3.05, 3.63) is 41.5 Å². The van der Waals surface area contributed by atoms with E-state index in [0.717, 1.165) is 12.1 Å². The van der Waals surface area contributed by atoms with Gasteiger partial charge in [-0.25, -0.2) is 13.8 Å². The molecule has 0 aliphatic rings. The molecule has 0 saturated carbocycles. The van der Waals surface area contributed by atoms with Gasteiger partial charge in [-0.2, -0.15) is 5.10 Å². The Bertz CT molecular complexity index is 585. The first-order valence-electron chi connectivity index (χ1n) is 5.45. The molecule has 0 atom stereocenters. The van der Waals surface area contributed by atoms with Crippen LogP contribution in [0.15, 0.2) is 18.5 Å². The zero-order valence-electron chi connectivity index (χ0n) is 9.78. The number of nitrogens with zero attached hydrogens (tertiary/aromatic N) is 2. The predicted molar refractivity (Wildman–Crippen MR) is 63.2 cm³/mol. The highest BCUT2D eigenvalue weighted by molar-refractivity contribution is 5.95. The topological polar surface area (TPSA) is 96.7 Å². The van der Waals surface area contributed by atoms with Gasteiger partial charge in [-0.1, -0.05) is 0 Å². The number of halogens is 2. The lowest BCUT2D eigenvalue weighted by Crippen LogP contribution is -2.28. The monoisotopic (exact) mass is 267 g/mol. The molecule has 0 saturated heterocycles. The average molecular weight is 267 g/mol. The van der Waals surface area contributed by atoms with Gasteiger partial charge in [0.1, 0.15) is 23.5 Å². The Hall–Kier alpha value is -2.51. The van der Waals surface area contributed by atoms with Crippen molar-refractivity contribution in [3.63, 3.8) is 0 Å². The first-order valence-corrected chi connectivity index (χ1v) is 5.45. The second-order valence-corrected chi connectivity index (χ2v) is 3.76. The Morgan fingerprint density at radius 1 is 1.42 bits per heavy atom. The number of benzene rings is 1. The summed E-state index contributed by atoms with van der Waals surface area (Å²) in [5, 5.41) is 8.62. The number of carbonyl (C=O) groups excluding carboxylic acids is 1. The van der Waals surface area contributed by atoms with Gasteiger partial charge in [0.05, 0.1) is 5.69 Å². The van der Waals surface area contributed by atoms with Crippen molar-refractivity contribution in [2.75, 3.05) is 12.3 Å². The number of carbonyl (C=O) groups is 1. The summed E-state index contributed by atoms with van der Waals surface area (Å²) in [7, 11) is 0. The van der Waals surface area contributed by atoms with Gasteiger partial charge in [-0.15, -0.1) is 0 Å². The second kappa shape index (κ2) is 5.42. The molecule has 8 heteroatoms. The molecule has 1 amide bonds. The molecule has 1 heterocycles. The van der Waals surface area contributed by atoms with Crippen molar-refractivity contribution in [1.29, 1.82) is 0 Å². The minimum atomic E-state index is -1.06. The first-order chi connectivity index (χ1) is 9.09. The largest absolute Gasteiger partial charge is 0.396 e. The molecular formula is C11H11F2N5O. The number of amides is 1. The smallest absolute Gasteiger partial charge is 0.257 e. The molecule has 1 aromatic carbocycles. The fourth-order valence-electron chi connectivity index (χ4n) is 1.51. The van der Waals surface area contributed by atoms with Gasteiger partial charge >= 0.3 is 0 Å². The van der Waals surface area contributed by atoms with Crippen LogP contribution in [0.4, 0.5) is 14.5 Å². The number of nitrogens with two attached hydrogens (primary N) is 1. The van der Waals surface area contributed by atoms with Crippen molar-refractivity contribution in [1.82, 2.24) is 20.5 Å². The number of anilines is 1. The fraction of sp³-hybridized carbons (Fsp3) is 0.182. The summed E-state index contributed by atoms with van der Waals surface area (Å²) in [4.78, 5) is 15.5. The summed E-state index contributed by atoms with van der Waals surface area (Å²) < 4.78 is 27.0. The first kappa shape index (κ1) is 12.9. The van der Waals surface area contributed by atoms with Gasteiger partial charge in [0.2, 0.25) is 0 Å². The van der Waals surface area contributed by atoms with Crippen molar-refractivity contribution >= 4 is 11.6 Å². The van der Waals surface area contributed by atoms with Crippen LogP contribution in [0.1, 0.15) is 16.2 Å². The number of H-pyrrole nitrogens is 1. The Morgan fingerprint density at radius 3 is 2.89 bits per heavy atom. The minimum absolute atomic E-state index is 0.168. The van der Waals surface area contributed by atoms with Crippen LogP contribution in [0.5, 0.6) is 0 Å². The fourth-order valence-corrected chi connectivity index (χ4v) is 1.51. The van der Waals surface area contributed by atoms with Crippen molar-refractivity contribution in [2.24, 2.45) is 0 Å². The Labute approximate surface area is 107 Å². The highest BCUT2D eigenvalue weighted by atomic mass is 19.1. The zero-order chi connectivity index (χ0) is 13.8. The summed E-state index contributed by atoms with van der Waals surface area (Å²) in [6.45, 7) is 0.168. The third-order valence-electron chi connectivity index (χ3n) is 2.46. The van der Waals surface area contributed by atoms with E-state index in [1.807, 2.05) is 0 Å². The molecule has 0 radical (unpaired) electrons. The molecule has 100 valence electrons. The van der Waals surface area contributed by atoms with Crippen molar-refractivity contribution in [2.45, 2.75) is 6.42 Å². The molecule has 0 spiro atoms. The molecule has 6 nitrogen and oxygen atoms in total. The van der Waals surface area contributed by atoms with E-state index in [9.17, 15) is 13.6 Å². The molecule has 0 unspecified atom stereocenters. The lowest BCUT2D eigenvalue weighted by molar-refractivity contribution is 0.0945. The van der Waals surface area contributed by atoms with Gasteiger partial charge in [-0.3, -0.25) is 9.89 Å². The number of nitrogens with one attached hydrogen (secondary N) is 2. The van der Waals surface area contributed by atoms with Crippen LogP contribution < -0.4 is 11.1 Å². The second-order valence-electron chi connectivity index (χ2n) is 3.76. The van der Waals surface area contributed by atoms with Crippen molar-refractivity contribution in [3.8, 4) is 0 Å². The highest BCUT2D eigenvalue weighted by Gasteiger charge is 2.19. The maximum absolute atomic E-state index is 13.6. The number of aromatic amines is 1. The lowest BCUT2D eigenvalue weighted by atomic mass is 10.1. The molecule has 2 aromatic rings. The van der Waals surface area contributed by atoms with Gasteiger partial charge in [0.15, 0.2) is 5.82 Å². The molecule has 19 heavy (non-hydrogen) atoms. The van der Waals surface area contributed by atoms with Crippen LogP contribution in [0.3, 0.4) is 0 Å². The third kappa shape index (κ3) is 2.84. The third-order valence-corrected chi connectivity index (χ3v) is 2.46. The van der Waals surface area contributed by atoms with E-state index >= 15 is 0 Å². The number of nitrogen functional groups attached to an aromatic ring is 1. The zero-order valence-corrected chi connectivity index (χ0v) is 9.78. The van der Waals surface area contributed by atoms with Crippen LogP contribution in [0.25, 0.3) is 0 Å². The Kier molecular flexibility index (Phi) is 3.69. The average Bonchev–Trinajstić information content (AvgIpc) is 2.87. The number of rotatable bonds is 4. The van der Waals surface area contributed by atoms with E-state index in [-0.39, 0.29) is 12.2 Å². The van der Waals surface area contributed by atoms with Crippen LogP contribution in [0, 0.1) is 11.6 Å². The Balaban J connectivity index is 2.02. The van der Waals surface area contributed by atoms with Crippen LogP contribution in [-0.2, 0) is 6.42 Å². The molecular weight excluding hydrogens is 256 g/mol. The molecule has 2 rings (SSSR count). The predicted octanol–water partition coefficient (Wildman–Crippen LogP) is 0.638. The normalized spacial score (nSPS) is 10.4. The molecule has 0 aliphatic heterocycles. The summed E-state index contributed by atoms with van der Waals surface area (Å²) >= 11 is 0. The molecule has 0 bridgehead atoms. The van der Waals surface area contributed by atoms with Gasteiger partial charge in [0.25, 0.3) is 5.91 Å². The van der Waals surface area contributed by atoms with Gasteiger partial charge in [-0.05, 0) is 12.1 Å². The summed E-state index contributed by atoms with van der Waals surface area (Å²) in [5.74, 6) is -2.31. The number of hydrogen-bond donors (Lipinski definition) is 3. The summed E-state index contributed by atoms with van der Waals surface area (Å²) in [5.41, 5.74) is 4.33. The highest BCUT2D eigenvalue weighted by Crippen LogP contribution is 2.18. The van der Waals surface area contributed by atoms with E-state index in [1.54, 1.807) is 0 Å². The lowest BCUT2D eigenvalue weighted by Gasteiger charge is -2.07.